The molecule has 2 atom stereocenters. The summed E-state index contributed by atoms with van der Waals surface area (Å²) >= 11 is 6.00. The predicted molar refractivity (Wildman–Crippen MR) is 96.7 cm³/mol. The number of amides is 1. The summed E-state index contributed by atoms with van der Waals surface area (Å²) in [5.41, 5.74) is 0.366. The molecule has 136 valence electrons. The van der Waals surface area contributed by atoms with Crippen molar-refractivity contribution in [3.63, 3.8) is 0 Å². The van der Waals surface area contributed by atoms with Gasteiger partial charge in [0.25, 0.3) is 0 Å². The minimum absolute atomic E-state index is 0.245. The molecule has 0 bridgehead atoms. The van der Waals surface area contributed by atoms with E-state index in [0.29, 0.717) is 28.8 Å². The van der Waals surface area contributed by atoms with Gasteiger partial charge in [-0.25, -0.2) is 0 Å². The van der Waals surface area contributed by atoms with E-state index in [2.05, 4.69) is 5.32 Å². The van der Waals surface area contributed by atoms with Gasteiger partial charge in [-0.05, 0) is 49.4 Å². The predicted octanol–water partition coefficient (Wildman–Crippen LogP) is 4.13. The topological polar surface area (TPSA) is 90.7 Å². The van der Waals surface area contributed by atoms with E-state index in [9.17, 15) is 14.9 Å². The molecule has 2 unspecified atom stereocenters. The first kappa shape index (κ1) is 18.0. The number of halogens is 1. The van der Waals surface area contributed by atoms with E-state index in [1.807, 2.05) is 6.92 Å². The highest BCUT2D eigenvalue weighted by Gasteiger charge is 2.53. The van der Waals surface area contributed by atoms with Crippen LogP contribution in [0, 0.1) is 16.0 Å². The van der Waals surface area contributed by atoms with Crippen molar-refractivity contribution in [2.24, 2.45) is 5.92 Å². The van der Waals surface area contributed by atoms with Gasteiger partial charge in [0.2, 0.25) is 11.9 Å². The number of carbonyl (C=O) groups is 1. The van der Waals surface area contributed by atoms with E-state index in [1.54, 1.807) is 42.5 Å². The molecule has 0 saturated heterocycles. The smallest absolute Gasteiger partial charge is 0.234 e. The Kier molecular flexibility index (Phi) is 5.27. The van der Waals surface area contributed by atoms with Crippen LogP contribution in [0.2, 0.25) is 5.02 Å². The van der Waals surface area contributed by atoms with Crippen molar-refractivity contribution >= 4 is 23.2 Å². The lowest BCUT2D eigenvalue weighted by Crippen LogP contribution is -2.18. The number of hydrogen-bond donors (Lipinski definition) is 1. The number of ether oxygens (including phenoxy) is 2. The van der Waals surface area contributed by atoms with Gasteiger partial charge >= 0.3 is 0 Å². The van der Waals surface area contributed by atoms with Gasteiger partial charge in [-0.2, -0.15) is 0 Å². The molecule has 1 N–H and O–H groups in total. The minimum Gasteiger partial charge on any atom is -0.494 e. The van der Waals surface area contributed by atoms with Crippen LogP contribution in [0.3, 0.4) is 0 Å². The second kappa shape index (κ2) is 7.61. The van der Waals surface area contributed by atoms with Gasteiger partial charge in [-0.15, -0.1) is 0 Å². The van der Waals surface area contributed by atoms with Crippen LogP contribution in [0.25, 0.3) is 0 Å². The Balaban J connectivity index is 1.73. The van der Waals surface area contributed by atoms with Crippen LogP contribution in [-0.2, 0) is 4.79 Å². The van der Waals surface area contributed by atoms with Gasteiger partial charge in [0, 0.05) is 16.4 Å². The zero-order valence-electron chi connectivity index (χ0n) is 14.0. The number of hydrogen-bond acceptors (Lipinski definition) is 5. The summed E-state index contributed by atoms with van der Waals surface area (Å²) in [5.74, 6) is 0.642. The van der Waals surface area contributed by atoms with Crippen molar-refractivity contribution in [3.8, 4) is 17.2 Å². The molecule has 0 spiro atoms. The number of anilines is 1. The van der Waals surface area contributed by atoms with E-state index in [1.165, 1.54) is 0 Å². The average Bonchev–Trinajstić information content (AvgIpc) is 3.40. The molecule has 3 rings (SSSR count). The first-order valence-corrected chi connectivity index (χ1v) is 8.50. The van der Waals surface area contributed by atoms with Gasteiger partial charge in [0.15, 0.2) is 5.75 Å². The number of benzene rings is 2. The van der Waals surface area contributed by atoms with Crippen molar-refractivity contribution < 1.29 is 19.2 Å². The van der Waals surface area contributed by atoms with Crippen molar-refractivity contribution in [1.82, 2.24) is 0 Å². The molecule has 26 heavy (non-hydrogen) atoms. The largest absolute Gasteiger partial charge is 0.494 e. The number of nitro groups is 1. The Bertz CT molecular complexity index is 825. The fourth-order valence-electron chi connectivity index (χ4n) is 2.51. The lowest BCUT2D eigenvalue weighted by Gasteiger charge is -2.13. The quantitative estimate of drug-likeness (QED) is 0.579. The van der Waals surface area contributed by atoms with Crippen molar-refractivity contribution in [1.29, 1.82) is 0 Å². The van der Waals surface area contributed by atoms with Crippen molar-refractivity contribution in [2.45, 2.75) is 19.4 Å². The standard InChI is InChI=1S/C18H17ClN2O5/c1-2-25-12-4-6-13(7-5-12)26-17-8-3-11(19)9-15(17)20-18(22)14-10-16(14)21(23)24/h3-9,14,16H,2,10H2,1H3,(H,20,22). The second-order valence-electron chi connectivity index (χ2n) is 5.83. The normalized spacial score (nSPS) is 18.1. The molecule has 0 aliphatic heterocycles. The molecule has 8 heteroatoms. The first-order chi connectivity index (χ1) is 12.5. The van der Waals surface area contributed by atoms with Crippen LogP contribution >= 0.6 is 11.6 Å². The molecular weight excluding hydrogens is 360 g/mol. The highest BCUT2D eigenvalue weighted by atomic mass is 35.5. The molecule has 2 aromatic rings. The number of nitrogens with one attached hydrogen (secondary N) is 1. The Hall–Kier alpha value is -2.80. The minimum atomic E-state index is -0.815. The molecule has 0 aromatic heterocycles. The monoisotopic (exact) mass is 376 g/mol. The summed E-state index contributed by atoms with van der Waals surface area (Å²) in [4.78, 5) is 22.5. The maximum absolute atomic E-state index is 12.2. The van der Waals surface area contributed by atoms with Crippen LogP contribution in [0.4, 0.5) is 5.69 Å². The van der Waals surface area contributed by atoms with E-state index < -0.39 is 22.8 Å². The zero-order chi connectivity index (χ0) is 18.7. The molecule has 1 amide bonds. The SMILES string of the molecule is CCOc1ccc(Oc2ccc(Cl)cc2NC(=O)C2CC2[N+](=O)[O-])cc1. The number of rotatable bonds is 7. The molecule has 1 aliphatic rings. The van der Waals surface area contributed by atoms with Crippen LogP contribution in [0.15, 0.2) is 42.5 Å². The summed E-state index contributed by atoms with van der Waals surface area (Å²) in [6.07, 6.45) is 0.245. The Morgan fingerprint density at radius 2 is 1.96 bits per heavy atom. The first-order valence-electron chi connectivity index (χ1n) is 8.12. The maximum atomic E-state index is 12.2. The fraction of sp³-hybridized carbons (Fsp3) is 0.278. The molecule has 2 aromatic carbocycles. The molecule has 1 aliphatic carbocycles. The molecule has 0 radical (unpaired) electrons. The highest BCUT2D eigenvalue weighted by molar-refractivity contribution is 6.31. The van der Waals surface area contributed by atoms with E-state index in [4.69, 9.17) is 21.1 Å². The van der Waals surface area contributed by atoms with E-state index >= 15 is 0 Å². The third kappa shape index (κ3) is 4.23. The van der Waals surface area contributed by atoms with Gasteiger partial charge in [0.1, 0.15) is 17.4 Å². The summed E-state index contributed by atoms with van der Waals surface area (Å²) in [7, 11) is 0. The fourth-order valence-corrected chi connectivity index (χ4v) is 2.68. The van der Waals surface area contributed by atoms with Crippen LogP contribution in [0.5, 0.6) is 17.2 Å². The molecule has 1 saturated carbocycles. The summed E-state index contributed by atoms with van der Waals surface area (Å²) < 4.78 is 11.2. The van der Waals surface area contributed by atoms with Crippen LogP contribution < -0.4 is 14.8 Å². The third-order valence-corrected chi connectivity index (χ3v) is 4.16. The van der Waals surface area contributed by atoms with Crippen molar-refractivity contribution in [3.05, 3.63) is 57.6 Å². The van der Waals surface area contributed by atoms with Crippen molar-refractivity contribution in [2.75, 3.05) is 11.9 Å². The highest BCUT2D eigenvalue weighted by Crippen LogP contribution is 2.37. The van der Waals surface area contributed by atoms with Gasteiger partial charge in [-0.1, -0.05) is 11.6 Å². The Labute approximate surface area is 155 Å². The lowest BCUT2D eigenvalue weighted by atomic mass is 10.2. The Morgan fingerprint density at radius 1 is 1.27 bits per heavy atom. The average molecular weight is 377 g/mol. The third-order valence-electron chi connectivity index (χ3n) is 3.93. The summed E-state index contributed by atoms with van der Waals surface area (Å²) in [6, 6.07) is 11.0. The molecular formula is C18H17ClN2O5. The molecule has 7 nitrogen and oxygen atoms in total. The summed E-state index contributed by atoms with van der Waals surface area (Å²) in [6.45, 7) is 2.47. The van der Waals surface area contributed by atoms with E-state index in [-0.39, 0.29) is 6.42 Å². The van der Waals surface area contributed by atoms with Crippen LogP contribution in [0.1, 0.15) is 13.3 Å². The maximum Gasteiger partial charge on any atom is 0.234 e. The Morgan fingerprint density at radius 3 is 2.58 bits per heavy atom. The number of carbonyl (C=O) groups excluding carboxylic acids is 1. The number of nitrogens with zero attached hydrogens (tertiary/aromatic N) is 1. The summed E-state index contributed by atoms with van der Waals surface area (Å²) in [5, 5.41) is 13.8. The molecule has 1 fully saturated rings. The lowest BCUT2D eigenvalue weighted by molar-refractivity contribution is -0.497. The molecule has 0 heterocycles. The van der Waals surface area contributed by atoms with Gasteiger partial charge in [-0.3, -0.25) is 14.9 Å². The van der Waals surface area contributed by atoms with E-state index in [0.717, 1.165) is 5.75 Å². The van der Waals surface area contributed by atoms with Gasteiger partial charge in [0.05, 0.1) is 12.3 Å². The second-order valence-corrected chi connectivity index (χ2v) is 6.27. The zero-order valence-corrected chi connectivity index (χ0v) is 14.7. The van der Waals surface area contributed by atoms with Gasteiger partial charge < -0.3 is 14.8 Å². The van der Waals surface area contributed by atoms with Crippen LogP contribution in [-0.4, -0.2) is 23.5 Å².